The van der Waals surface area contributed by atoms with Crippen molar-refractivity contribution in [1.29, 1.82) is 0 Å². The van der Waals surface area contributed by atoms with Crippen molar-refractivity contribution in [1.82, 2.24) is 0 Å². The number of ketones is 1. The van der Waals surface area contributed by atoms with E-state index in [1.807, 2.05) is 6.07 Å². The third-order valence-electron chi connectivity index (χ3n) is 3.53. The number of benzene rings is 1. The van der Waals surface area contributed by atoms with E-state index in [2.05, 4.69) is 0 Å². The Kier molecular flexibility index (Phi) is 3.57. The minimum Gasteiger partial charge on any atom is -0.496 e. The summed E-state index contributed by atoms with van der Waals surface area (Å²) >= 11 is 0. The summed E-state index contributed by atoms with van der Waals surface area (Å²) in [5, 5.41) is 10.8. The number of Topliss-reactive ketones (excluding diaryl/α,β-unsaturated/α-hetero) is 1. The van der Waals surface area contributed by atoms with Crippen molar-refractivity contribution in [3.8, 4) is 11.5 Å². The molecular weight excluding hydrogens is 232 g/mol. The van der Waals surface area contributed by atoms with Crippen LogP contribution in [0.4, 0.5) is 0 Å². The molecule has 98 valence electrons. The Bertz CT molecular complexity index is 421. The fourth-order valence-electron chi connectivity index (χ4n) is 2.50. The highest BCUT2D eigenvalue weighted by atomic mass is 16.5. The minimum atomic E-state index is -1.04. The molecule has 0 spiro atoms. The summed E-state index contributed by atoms with van der Waals surface area (Å²) in [6.07, 6.45) is 1.64. The average molecular weight is 250 g/mol. The number of carbonyl (C=O) groups is 1. The van der Waals surface area contributed by atoms with Crippen LogP contribution < -0.4 is 9.47 Å². The highest BCUT2D eigenvalue weighted by molar-refractivity contribution is 5.79. The third kappa shape index (κ3) is 2.20. The molecule has 0 amide bonds. The second-order valence-electron chi connectivity index (χ2n) is 4.61. The van der Waals surface area contributed by atoms with E-state index < -0.39 is 5.60 Å². The number of ether oxygens (including phenoxy) is 2. The summed E-state index contributed by atoms with van der Waals surface area (Å²) < 4.78 is 10.6. The Morgan fingerprint density at radius 1 is 1.11 bits per heavy atom. The Labute approximate surface area is 107 Å². The van der Waals surface area contributed by atoms with Gasteiger partial charge < -0.3 is 14.6 Å². The van der Waals surface area contributed by atoms with Crippen molar-refractivity contribution in [2.75, 3.05) is 14.2 Å². The fourth-order valence-corrected chi connectivity index (χ4v) is 2.50. The standard InChI is InChI=1S/C14H18O4/c1-17-11-4-3-5-12(18-2)13(11)14(16)8-6-10(15)7-9-14/h3-5,16H,6-9H2,1-2H3. The second kappa shape index (κ2) is 4.98. The zero-order chi connectivity index (χ0) is 13.2. The van der Waals surface area contributed by atoms with Gasteiger partial charge in [0, 0.05) is 12.8 Å². The first-order valence-corrected chi connectivity index (χ1v) is 6.06. The lowest BCUT2D eigenvalue weighted by atomic mass is 9.78. The zero-order valence-electron chi connectivity index (χ0n) is 10.7. The smallest absolute Gasteiger partial charge is 0.133 e. The fraction of sp³-hybridized carbons (Fsp3) is 0.500. The number of rotatable bonds is 3. The molecule has 1 fully saturated rings. The summed E-state index contributed by atoms with van der Waals surface area (Å²) in [4.78, 5) is 11.3. The maximum absolute atomic E-state index is 11.3. The maximum Gasteiger partial charge on any atom is 0.133 e. The zero-order valence-corrected chi connectivity index (χ0v) is 10.7. The van der Waals surface area contributed by atoms with E-state index >= 15 is 0 Å². The van der Waals surface area contributed by atoms with Crippen molar-refractivity contribution in [3.05, 3.63) is 23.8 Å². The van der Waals surface area contributed by atoms with Crippen LogP contribution in [0.3, 0.4) is 0 Å². The molecule has 1 saturated carbocycles. The summed E-state index contributed by atoms with van der Waals surface area (Å²) in [5.41, 5.74) is -0.381. The van der Waals surface area contributed by atoms with E-state index in [0.29, 0.717) is 42.7 Å². The van der Waals surface area contributed by atoms with Crippen LogP contribution in [-0.2, 0) is 10.4 Å². The summed E-state index contributed by atoms with van der Waals surface area (Å²) in [6, 6.07) is 5.41. The Balaban J connectivity index is 2.45. The highest BCUT2D eigenvalue weighted by Gasteiger charge is 2.38. The van der Waals surface area contributed by atoms with E-state index in [4.69, 9.17) is 9.47 Å². The Morgan fingerprint density at radius 3 is 2.06 bits per heavy atom. The normalized spacial score (nSPS) is 18.5. The van der Waals surface area contributed by atoms with Gasteiger partial charge in [-0.1, -0.05) is 6.07 Å². The first-order chi connectivity index (χ1) is 8.60. The lowest BCUT2D eigenvalue weighted by molar-refractivity contribution is -0.125. The molecule has 0 heterocycles. The monoisotopic (exact) mass is 250 g/mol. The van der Waals surface area contributed by atoms with E-state index in [1.54, 1.807) is 26.4 Å². The number of methoxy groups -OCH3 is 2. The molecule has 0 unspecified atom stereocenters. The molecular formula is C14H18O4. The van der Waals surface area contributed by atoms with Gasteiger partial charge in [-0.2, -0.15) is 0 Å². The van der Waals surface area contributed by atoms with Gasteiger partial charge in [-0.15, -0.1) is 0 Å². The van der Waals surface area contributed by atoms with Gasteiger partial charge in [0.05, 0.1) is 25.4 Å². The summed E-state index contributed by atoms with van der Waals surface area (Å²) in [5.74, 6) is 1.41. The van der Waals surface area contributed by atoms with E-state index in [1.165, 1.54) is 0 Å². The van der Waals surface area contributed by atoms with Crippen LogP contribution in [0.25, 0.3) is 0 Å². The largest absolute Gasteiger partial charge is 0.496 e. The second-order valence-corrected chi connectivity index (χ2v) is 4.61. The van der Waals surface area contributed by atoms with Crippen molar-refractivity contribution in [2.45, 2.75) is 31.3 Å². The van der Waals surface area contributed by atoms with Crippen LogP contribution in [0, 0.1) is 0 Å². The van der Waals surface area contributed by atoms with Crippen LogP contribution in [-0.4, -0.2) is 25.1 Å². The Hall–Kier alpha value is -1.55. The van der Waals surface area contributed by atoms with Gasteiger partial charge in [0.15, 0.2) is 0 Å². The lowest BCUT2D eigenvalue weighted by Gasteiger charge is -2.33. The molecule has 0 saturated heterocycles. The molecule has 0 aromatic heterocycles. The molecule has 1 aromatic rings. The molecule has 1 aliphatic carbocycles. The number of hydrogen-bond donors (Lipinski definition) is 1. The quantitative estimate of drug-likeness (QED) is 0.891. The summed E-state index contributed by atoms with van der Waals surface area (Å²) in [6.45, 7) is 0. The molecule has 1 aromatic carbocycles. The van der Waals surface area contributed by atoms with Gasteiger partial charge in [-0.05, 0) is 25.0 Å². The molecule has 1 aliphatic rings. The predicted octanol–water partition coefficient (Wildman–Crippen LogP) is 2.03. The number of aliphatic hydroxyl groups is 1. The van der Waals surface area contributed by atoms with E-state index in [0.717, 1.165) is 0 Å². The van der Waals surface area contributed by atoms with Crippen molar-refractivity contribution < 1.29 is 19.4 Å². The van der Waals surface area contributed by atoms with Gasteiger partial charge in [0.25, 0.3) is 0 Å². The highest BCUT2D eigenvalue weighted by Crippen LogP contribution is 2.44. The molecule has 4 nitrogen and oxygen atoms in total. The van der Waals surface area contributed by atoms with E-state index in [-0.39, 0.29) is 5.78 Å². The van der Waals surface area contributed by atoms with Crippen molar-refractivity contribution in [2.24, 2.45) is 0 Å². The van der Waals surface area contributed by atoms with Crippen molar-refractivity contribution in [3.63, 3.8) is 0 Å². The minimum absolute atomic E-state index is 0.202. The van der Waals surface area contributed by atoms with Gasteiger partial charge >= 0.3 is 0 Å². The van der Waals surface area contributed by atoms with Crippen molar-refractivity contribution >= 4 is 5.78 Å². The lowest BCUT2D eigenvalue weighted by Crippen LogP contribution is -2.32. The Morgan fingerprint density at radius 2 is 1.61 bits per heavy atom. The molecule has 1 N–H and O–H groups in total. The van der Waals surface area contributed by atoms with Crippen LogP contribution in [0.5, 0.6) is 11.5 Å². The number of hydrogen-bond acceptors (Lipinski definition) is 4. The topological polar surface area (TPSA) is 55.8 Å². The molecule has 2 rings (SSSR count). The van der Waals surface area contributed by atoms with E-state index in [9.17, 15) is 9.90 Å². The predicted molar refractivity (Wildman–Crippen MR) is 66.9 cm³/mol. The SMILES string of the molecule is COc1cccc(OC)c1C1(O)CCC(=O)CC1. The third-order valence-corrected chi connectivity index (χ3v) is 3.53. The van der Waals surface area contributed by atoms with Crippen LogP contribution in [0.1, 0.15) is 31.2 Å². The molecule has 0 aliphatic heterocycles. The van der Waals surface area contributed by atoms with Gasteiger partial charge in [0.1, 0.15) is 17.3 Å². The van der Waals surface area contributed by atoms with Gasteiger partial charge in [-0.3, -0.25) is 4.79 Å². The van der Waals surface area contributed by atoms with Gasteiger partial charge in [-0.25, -0.2) is 0 Å². The molecule has 4 heteroatoms. The summed E-state index contributed by atoms with van der Waals surface area (Å²) in [7, 11) is 3.13. The maximum atomic E-state index is 11.3. The molecule has 0 radical (unpaired) electrons. The molecule has 0 atom stereocenters. The van der Waals surface area contributed by atoms with Crippen LogP contribution in [0.2, 0.25) is 0 Å². The van der Waals surface area contributed by atoms with Gasteiger partial charge in [0.2, 0.25) is 0 Å². The molecule has 18 heavy (non-hydrogen) atoms. The first-order valence-electron chi connectivity index (χ1n) is 6.06. The number of carbonyl (C=O) groups excluding carboxylic acids is 1. The van der Waals surface area contributed by atoms with Crippen LogP contribution >= 0.6 is 0 Å². The van der Waals surface area contributed by atoms with Crippen LogP contribution in [0.15, 0.2) is 18.2 Å². The first kappa shape index (κ1) is 12.9. The average Bonchev–Trinajstić information content (AvgIpc) is 2.41. The molecule has 0 bridgehead atoms.